The van der Waals surface area contributed by atoms with Crippen LogP contribution in [0.2, 0.25) is 0 Å². The van der Waals surface area contributed by atoms with Crippen molar-refractivity contribution >= 4 is 18.0 Å². The molecule has 18 heavy (non-hydrogen) atoms. The number of nitrogens with zero attached hydrogens (tertiary/aromatic N) is 1. The van der Waals surface area contributed by atoms with E-state index in [4.69, 9.17) is 9.84 Å². The van der Waals surface area contributed by atoms with Gasteiger partial charge in [-0.2, -0.15) is 0 Å². The van der Waals surface area contributed by atoms with Gasteiger partial charge in [0.2, 0.25) is 5.91 Å². The lowest BCUT2D eigenvalue weighted by Crippen LogP contribution is -2.44. The summed E-state index contributed by atoms with van der Waals surface area (Å²) in [5.41, 5.74) is -0.632. The number of likely N-dealkylation sites (tertiary alicyclic amines) is 1. The second kappa shape index (κ2) is 5.24. The largest absolute Gasteiger partial charge is 0.480 e. The van der Waals surface area contributed by atoms with Gasteiger partial charge in [-0.25, -0.2) is 4.79 Å². The zero-order valence-electron chi connectivity index (χ0n) is 10.7. The van der Waals surface area contributed by atoms with Gasteiger partial charge in [0, 0.05) is 6.54 Å². The number of carboxylic acids is 1. The van der Waals surface area contributed by atoms with Crippen molar-refractivity contribution < 1.29 is 24.2 Å². The summed E-state index contributed by atoms with van der Waals surface area (Å²) in [6.45, 7) is 5.15. The van der Waals surface area contributed by atoms with Gasteiger partial charge < -0.3 is 20.1 Å². The lowest BCUT2D eigenvalue weighted by atomic mass is 10.2. The first-order valence-corrected chi connectivity index (χ1v) is 5.69. The molecule has 2 amide bonds. The van der Waals surface area contributed by atoms with Crippen LogP contribution < -0.4 is 5.32 Å². The number of carbonyl (C=O) groups is 3. The number of hydrogen-bond acceptors (Lipinski definition) is 4. The van der Waals surface area contributed by atoms with Crippen molar-refractivity contribution in [2.45, 2.75) is 38.8 Å². The number of carbonyl (C=O) groups excluding carboxylic acids is 2. The Morgan fingerprint density at radius 3 is 2.61 bits per heavy atom. The number of rotatable bonds is 3. The first kappa shape index (κ1) is 14.3. The Balaban J connectivity index is 2.48. The maximum Gasteiger partial charge on any atom is 0.408 e. The Morgan fingerprint density at radius 2 is 2.11 bits per heavy atom. The number of carboxylic acid groups (broad SMARTS) is 1. The molecular formula is C11H18N2O5. The van der Waals surface area contributed by atoms with Crippen LogP contribution in [0.4, 0.5) is 4.79 Å². The standard InChI is InChI=1S/C11H18N2O5/c1-11(2,3)18-10(17)12-7-4-5-13(9(7)16)6-8(14)15/h7H,4-6H2,1-3H3,(H,12,17)(H,14,15)/t7-/m0/s1. The van der Waals surface area contributed by atoms with Crippen molar-refractivity contribution in [2.24, 2.45) is 0 Å². The summed E-state index contributed by atoms with van der Waals surface area (Å²) in [7, 11) is 0. The van der Waals surface area contributed by atoms with E-state index in [2.05, 4.69) is 5.32 Å². The molecule has 0 unspecified atom stereocenters. The summed E-state index contributed by atoms with van der Waals surface area (Å²) in [5, 5.41) is 11.0. The molecule has 1 aliphatic rings. The van der Waals surface area contributed by atoms with Crippen molar-refractivity contribution in [1.82, 2.24) is 10.2 Å². The molecule has 102 valence electrons. The number of ether oxygens (including phenoxy) is 1. The van der Waals surface area contributed by atoms with E-state index >= 15 is 0 Å². The topological polar surface area (TPSA) is 95.9 Å². The van der Waals surface area contributed by atoms with Crippen molar-refractivity contribution in [3.63, 3.8) is 0 Å². The molecule has 0 aromatic heterocycles. The molecule has 0 bridgehead atoms. The fraction of sp³-hybridized carbons (Fsp3) is 0.727. The third kappa shape index (κ3) is 4.23. The van der Waals surface area contributed by atoms with E-state index in [-0.39, 0.29) is 12.5 Å². The van der Waals surface area contributed by atoms with Crippen LogP contribution >= 0.6 is 0 Å². The molecule has 1 saturated heterocycles. The second-order valence-electron chi connectivity index (χ2n) is 5.14. The number of nitrogens with one attached hydrogen (secondary N) is 1. The maximum atomic E-state index is 11.7. The predicted octanol–water partition coefficient (Wildman–Crippen LogP) is 0.197. The van der Waals surface area contributed by atoms with Gasteiger partial charge in [-0.15, -0.1) is 0 Å². The minimum atomic E-state index is -1.07. The van der Waals surface area contributed by atoms with E-state index in [0.29, 0.717) is 13.0 Å². The molecule has 0 aliphatic carbocycles. The van der Waals surface area contributed by atoms with Gasteiger partial charge in [0.1, 0.15) is 18.2 Å². The minimum Gasteiger partial charge on any atom is -0.480 e. The second-order valence-corrected chi connectivity index (χ2v) is 5.14. The van der Waals surface area contributed by atoms with Gasteiger partial charge in [-0.1, -0.05) is 0 Å². The lowest BCUT2D eigenvalue weighted by molar-refractivity contribution is -0.143. The number of hydrogen-bond donors (Lipinski definition) is 2. The van der Waals surface area contributed by atoms with Crippen molar-refractivity contribution in [3.8, 4) is 0 Å². The van der Waals surface area contributed by atoms with Crippen LogP contribution in [0.1, 0.15) is 27.2 Å². The van der Waals surface area contributed by atoms with E-state index in [1.54, 1.807) is 20.8 Å². The summed E-state index contributed by atoms with van der Waals surface area (Å²) in [6.07, 6.45) is -0.274. The normalized spacial score (nSPS) is 19.8. The molecule has 7 heteroatoms. The van der Waals surface area contributed by atoms with Gasteiger partial charge in [0.05, 0.1) is 0 Å². The van der Waals surface area contributed by atoms with E-state index in [1.807, 2.05) is 0 Å². The lowest BCUT2D eigenvalue weighted by Gasteiger charge is -2.21. The third-order valence-corrected chi connectivity index (χ3v) is 2.31. The Labute approximate surface area is 105 Å². The van der Waals surface area contributed by atoms with Gasteiger partial charge >= 0.3 is 12.1 Å². The molecule has 1 heterocycles. The molecule has 1 aliphatic heterocycles. The molecule has 0 aromatic carbocycles. The van der Waals surface area contributed by atoms with E-state index < -0.39 is 23.7 Å². The van der Waals surface area contributed by atoms with Crippen LogP contribution in [-0.4, -0.2) is 52.7 Å². The van der Waals surface area contributed by atoms with E-state index in [1.165, 1.54) is 4.90 Å². The third-order valence-electron chi connectivity index (χ3n) is 2.31. The highest BCUT2D eigenvalue weighted by Crippen LogP contribution is 2.12. The summed E-state index contributed by atoms with van der Waals surface area (Å²) >= 11 is 0. The van der Waals surface area contributed by atoms with Crippen molar-refractivity contribution in [2.75, 3.05) is 13.1 Å². The highest BCUT2D eigenvalue weighted by atomic mass is 16.6. The van der Waals surface area contributed by atoms with Crippen molar-refractivity contribution in [3.05, 3.63) is 0 Å². The van der Waals surface area contributed by atoms with Crippen LogP contribution in [-0.2, 0) is 14.3 Å². The van der Waals surface area contributed by atoms with Crippen LogP contribution in [0.25, 0.3) is 0 Å². The zero-order chi connectivity index (χ0) is 13.9. The first-order valence-electron chi connectivity index (χ1n) is 5.69. The van der Waals surface area contributed by atoms with Crippen LogP contribution in [0.3, 0.4) is 0 Å². The summed E-state index contributed by atoms with van der Waals surface area (Å²) in [4.78, 5) is 34.9. The summed E-state index contributed by atoms with van der Waals surface area (Å²) < 4.78 is 5.03. The molecule has 1 atom stereocenters. The van der Waals surface area contributed by atoms with Gasteiger partial charge in [0.25, 0.3) is 0 Å². The van der Waals surface area contributed by atoms with Crippen LogP contribution in [0, 0.1) is 0 Å². The first-order chi connectivity index (χ1) is 8.19. The molecule has 1 fully saturated rings. The molecule has 7 nitrogen and oxygen atoms in total. The van der Waals surface area contributed by atoms with Crippen LogP contribution in [0.15, 0.2) is 0 Å². The average molecular weight is 258 g/mol. The Kier molecular flexibility index (Phi) is 4.15. The molecular weight excluding hydrogens is 240 g/mol. The van der Waals surface area contributed by atoms with Gasteiger partial charge in [-0.3, -0.25) is 9.59 Å². The maximum absolute atomic E-state index is 11.7. The molecule has 1 rings (SSSR count). The molecule has 0 saturated carbocycles. The molecule has 0 spiro atoms. The van der Waals surface area contributed by atoms with Crippen LogP contribution in [0.5, 0.6) is 0 Å². The van der Waals surface area contributed by atoms with E-state index in [9.17, 15) is 14.4 Å². The molecule has 2 N–H and O–H groups in total. The van der Waals surface area contributed by atoms with Gasteiger partial charge in [-0.05, 0) is 27.2 Å². The summed E-state index contributed by atoms with van der Waals surface area (Å²) in [6, 6.07) is -0.695. The zero-order valence-corrected chi connectivity index (χ0v) is 10.7. The monoisotopic (exact) mass is 258 g/mol. The number of aliphatic carboxylic acids is 1. The quantitative estimate of drug-likeness (QED) is 0.753. The fourth-order valence-corrected chi connectivity index (χ4v) is 1.64. The number of amides is 2. The van der Waals surface area contributed by atoms with Gasteiger partial charge in [0.15, 0.2) is 0 Å². The predicted molar refractivity (Wildman–Crippen MR) is 62.0 cm³/mol. The Morgan fingerprint density at radius 1 is 1.50 bits per heavy atom. The summed E-state index contributed by atoms with van der Waals surface area (Å²) in [5.74, 6) is -1.45. The minimum absolute atomic E-state index is 0.325. The molecule has 0 aromatic rings. The smallest absolute Gasteiger partial charge is 0.408 e. The Bertz CT molecular complexity index is 361. The fourth-order valence-electron chi connectivity index (χ4n) is 1.64. The van der Waals surface area contributed by atoms with Crippen molar-refractivity contribution in [1.29, 1.82) is 0 Å². The Hall–Kier alpha value is -1.79. The number of alkyl carbamates (subject to hydrolysis) is 1. The van der Waals surface area contributed by atoms with E-state index in [0.717, 1.165) is 0 Å². The highest BCUT2D eigenvalue weighted by molar-refractivity contribution is 5.89. The molecule has 0 radical (unpaired) electrons. The highest BCUT2D eigenvalue weighted by Gasteiger charge is 2.34. The average Bonchev–Trinajstić information content (AvgIpc) is 2.46. The SMILES string of the molecule is CC(C)(C)OC(=O)N[C@H]1CCN(CC(=O)O)C1=O.